The molecule has 1 aromatic carbocycles. The van der Waals surface area contributed by atoms with E-state index in [1.807, 2.05) is 12.1 Å². The second kappa shape index (κ2) is 6.48. The fraction of sp³-hybridized carbons (Fsp3) is 0.588. The second-order valence-corrected chi connectivity index (χ2v) is 6.10. The molecule has 2 unspecified atom stereocenters. The molecule has 3 rings (SSSR count). The highest BCUT2D eigenvalue weighted by atomic mass is 16.1. The smallest absolute Gasteiger partial charge is 0.220 e. The summed E-state index contributed by atoms with van der Waals surface area (Å²) in [5.41, 5.74) is 2.46. The molecule has 1 saturated heterocycles. The average molecular weight is 287 g/mol. The van der Waals surface area contributed by atoms with Crippen molar-refractivity contribution in [1.29, 1.82) is 0 Å². The summed E-state index contributed by atoms with van der Waals surface area (Å²) in [5.74, 6) is 0.494. The number of carbonyl (C=O) groups is 1. The van der Waals surface area contributed by atoms with Crippen LogP contribution in [0, 0.1) is 0 Å². The number of fused-ring (bicyclic) bond motifs is 1. The zero-order chi connectivity index (χ0) is 14.7. The number of nitrogens with zero attached hydrogens (tertiary/aromatic N) is 1. The fourth-order valence-corrected chi connectivity index (χ4v) is 3.61. The van der Waals surface area contributed by atoms with Gasteiger partial charge in [-0.1, -0.05) is 25.1 Å². The van der Waals surface area contributed by atoms with E-state index in [0.29, 0.717) is 18.4 Å². The number of hydrogen-bond acceptors (Lipinski definition) is 3. The Labute approximate surface area is 126 Å². The van der Waals surface area contributed by atoms with Crippen molar-refractivity contribution in [2.24, 2.45) is 0 Å². The van der Waals surface area contributed by atoms with Crippen LogP contribution in [0.15, 0.2) is 24.3 Å². The van der Waals surface area contributed by atoms with Crippen LogP contribution >= 0.6 is 0 Å². The van der Waals surface area contributed by atoms with Crippen LogP contribution in [-0.2, 0) is 4.79 Å². The number of carbonyl (C=O) groups excluding carboxylic acids is 1. The third-order valence-corrected chi connectivity index (χ3v) is 4.81. The van der Waals surface area contributed by atoms with Crippen molar-refractivity contribution in [1.82, 2.24) is 10.2 Å². The van der Waals surface area contributed by atoms with E-state index in [2.05, 4.69) is 34.6 Å². The predicted octanol–water partition coefficient (Wildman–Crippen LogP) is 2.19. The van der Waals surface area contributed by atoms with E-state index < -0.39 is 0 Å². The summed E-state index contributed by atoms with van der Waals surface area (Å²) in [5, 5.41) is 6.52. The molecule has 0 saturated carbocycles. The van der Waals surface area contributed by atoms with Gasteiger partial charge in [-0.25, -0.2) is 0 Å². The van der Waals surface area contributed by atoms with Crippen molar-refractivity contribution >= 4 is 11.6 Å². The lowest BCUT2D eigenvalue weighted by Gasteiger charge is -2.23. The minimum Gasteiger partial charge on any atom is -0.384 e. The normalized spacial score (nSPS) is 24.6. The second-order valence-electron chi connectivity index (χ2n) is 6.10. The van der Waals surface area contributed by atoms with Crippen LogP contribution in [0.4, 0.5) is 5.69 Å². The van der Waals surface area contributed by atoms with Gasteiger partial charge in [-0.05, 0) is 37.6 Å². The van der Waals surface area contributed by atoms with Crippen LogP contribution in [-0.4, -0.2) is 43.0 Å². The molecule has 0 bridgehead atoms. The lowest BCUT2D eigenvalue weighted by molar-refractivity contribution is -0.121. The summed E-state index contributed by atoms with van der Waals surface area (Å²) in [4.78, 5) is 14.7. The number of anilines is 1. The van der Waals surface area contributed by atoms with E-state index >= 15 is 0 Å². The van der Waals surface area contributed by atoms with Crippen molar-refractivity contribution in [3.05, 3.63) is 29.8 Å². The number of nitrogens with one attached hydrogen (secondary N) is 2. The van der Waals surface area contributed by atoms with Gasteiger partial charge in [0, 0.05) is 37.2 Å². The van der Waals surface area contributed by atoms with E-state index in [0.717, 1.165) is 19.6 Å². The first-order chi connectivity index (χ1) is 10.3. The summed E-state index contributed by atoms with van der Waals surface area (Å²) in [7, 11) is 0. The van der Waals surface area contributed by atoms with Gasteiger partial charge in [-0.15, -0.1) is 0 Å². The summed E-state index contributed by atoms with van der Waals surface area (Å²) in [6.07, 6.45) is 3.05. The van der Waals surface area contributed by atoms with Gasteiger partial charge in [-0.2, -0.15) is 0 Å². The van der Waals surface area contributed by atoms with Gasteiger partial charge in [0.15, 0.2) is 0 Å². The van der Waals surface area contributed by atoms with Gasteiger partial charge >= 0.3 is 0 Å². The molecule has 0 spiro atoms. The van der Waals surface area contributed by atoms with Gasteiger partial charge in [-0.3, -0.25) is 9.69 Å². The Morgan fingerprint density at radius 1 is 1.43 bits per heavy atom. The van der Waals surface area contributed by atoms with Crippen LogP contribution in [0.2, 0.25) is 0 Å². The number of amides is 1. The number of likely N-dealkylation sites (tertiary alicyclic amines) is 1. The van der Waals surface area contributed by atoms with Crippen molar-refractivity contribution < 1.29 is 4.79 Å². The predicted molar refractivity (Wildman–Crippen MR) is 85.6 cm³/mol. The van der Waals surface area contributed by atoms with Crippen LogP contribution in [0.3, 0.4) is 0 Å². The fourth-order valence-electron chi connectivity index (χ4n) is 3.61. The van der Waals surface area contributed by atoms with Crippen molar-refractivity contribution in [2.75, 3.05) is 31.5 Å². The Morgan fingerprint density at radius 3 is 3.14 bits per heavy atom. The van der Waals surface area contributed by atoms with E-state index in [4.69, 9.17) is 0 Å². The molecule has 0 radical (unpaired) electrons. The van der Waals surface area contributed by atoms with E-state index in [9.17, 15) is 4.79 Å². The monoisotopic (exact) mass is 287 g/mol. The molecule has 114 valence electrons. The highest BCUT2D eigenvalue weighted by Crippen LogP contribution is 2.33. The lowest BCUT2D eigenvalue weighted by atomic mass is 9.97. The molecule has 4 heteroatoms. The molecule has 4 nitrogen and oxygen atoms in total. The van der Waals surface area contributed by atoms with Crippen LogP contribution in [0.5, 0.6) is 0 Å². The van der Waals surface area contributed by atoms with Crippen LogP contribution < -0.4 is 10.6 Å². The first kappa shape index (κ1) is 14.4. The Morgan fingerprint density at radius 2 is 2.29 bits per heavy atom. The molecule has 0 aliphatic carbocycles. The van der Waals surface area contributed by atoms with E-state index in [1.165, 1.54) is 30.6 Å². The molecule has 1 amide bonds. The van der Waals surface area contributed by atoms with Gasteiger partial charge in [0.05, 0.1) is 0 Å². The Balaban J connectivity index is 1.49. The number of hydrogen-bond donors (Lipinski definition) is 2. The maximum Gasteiger partial charge on any atom is 0.220 e. The topological polar surface area (TPSA) is 44.4 Å². The summed E-state index contributed by atoms with van der Waals surface area (Å²) >= 11 is 0. The van der Waals surface area contributed by atoms with Crippen molar-refractivity contribution in [2.45, 2.75) is 38.1 Å². The minimum absolute atomic E-state index is 0.182. The van der Waals surface area contributed by atoms with E-state index in [-0.39, 0.29) is 5.91 Å². The van der Waals surface area contributed by atoms with Crippen molar-refractivity contribution in [3.8, 4) is 0 Å². The highest BCUT2D eigenvalue weighted by Gasteiger charge is 2.26. The Hall–Kier alpha value is -1.55. The Bertz CT molecular complexity index is 503. The van der Waals surface area contributed by atoms with Gasteiger partial charge in [0.2, 0.25) is 5.91 Å². The van der Waals surface area contributed by atoms with Gasteiger partial charge in [0.25, 0.3) is 0 Å². The molecule has 2 aliphatic rings. The standard InChI is InChI=1S/C17H25N3O/c1-2-20-9-5-6-14(20)12-19-17(21)10-13-11-18-16-8-4-3-7-15(13)16/h3-4,7-8,13-14,18H,2,5-6,9-12H2,1H3,(H,19,21). The third-order valence-electron chi connectivity index (χ3n) is 4.81. The summed E-state index contributed by atoms with van der Waals surface area (Å²) < 4.78 is 0. The van der Waals surface area contributed by atoms with E-state index in [1.54, 1.807) is 0 Å². The zero-order valence-electron chi connectivity index (χ0n) is 12.8. The SMILES string of the molecule is CCN1CCCC1CNC(=O)CC1CNc2ccccc21. The third kappa shape index (κ3) is 3.21. The minimum atomic E-state index is 0.182. The zero-order valence-corrected chi connectivity index (χ0v) is 12.8. The molecule has 1 fully saturated rings. The van der Waals surface area contributed by atoms with Gasteiger partial charge < -0.3 is 10.6 Å². The van der Waals surface area contributed by atoms with Gasteiger partial charge in [0.1, 0.15) is 0 Å². The first-order valence-corrected chi connectivity index (χ1v) is 8.11. The van der Waals surface area contributed by atoms with Crippen molar-refractivity contribution in [3.63, 3.8) is 0 Å². The quantitative estimate of drug-likeness (QED) is 0.872. The molecular formula is C17H25N3O. The molecular weight excluding hydrogens is 262 g/mol. The number of rotatable bonds is 5. The molecule has 2 heterocycles. The lowest BCUT2D eigenvalue weighted by Crippen LogP contribution is -2.40. The first-order valence-electron chi connectivity index (χ1n) is 8.11. The maximum absolute atomic E-state index is 12.2. The van der Waals surface area contributed by atoms with Crippen LogP contribution in [0.1, 0.15) is 37.7 Å². The highest BCUT2D eigenvalue weighted by molar-refractivity contribution is 5.78. The molecule has 2 atom stereocenters. The van der Waals surface area contributed by atoms with Crippen LogP contribution in [0.25, 0.3) is 0 Å². The Kier molecular flexibility index (Phi) is 4.44. The molecule has 0 aromatic heterocycles. The largest absolute Gasteiger partial charge is 0.384 e. The molecule has 21 heavy (non-hydrogen) atoms. The molecule has 1 aromatic rings. The molecule has 2 N–H and O–H groups in total. The summed E-state index contributed by atoms with van der Waals surface area (Å²) in [6, 6.07) is 8.84. The number of likely N-dealkylation sites (N-methyl/N-ethyl adjacent to an activating group) is 1. The number of para-hydroxylation sites is 1. The molecule has 2 aliphatic heterocycles. The maximum atomic E-state index is 12.2. The number of benzene rings is 1. The summed E-state index contributed by atoms with van der Waals surface area (Å²) in [6.45, 7) is 6.13. The average Bonchev–Trinajstić information content (AvgIpc) is 3.12.